The maximum Gasteiger partial charge on any atom is 0.337 e. The number of carbonyl (C=O) groups is 2. The summed E-state index contributed by atoms with van der Waals surface area (Å²) >= 11 is 0. The standard InChI is InChI=1S/C17H16N2O3/c1-12(20)19-16-9-7-15(8-10-16)18-11-13-3-5-14(6-4-13)17(21)22-2/h3-11H,1-2H3,(H,19,20). The van der Waals surface area contributed by atoms with Crippen molar-refractivity contribution in [3.8, 4) is 0 Å². The molecule has 0 saturated heterocycles. The van der Waals surface area contributed by atoms with Gasteiger partial charge in [0.15, 0.2) is 0 Å². The van der Waals surface area contributed by atoms with Crippen LogP contribution in [-0.4, -0.2) is 25.2 Å². The van der Waals surface area contributed by atoms with Gasteiger partial charge in [0.1, 0.15) is 0 Å². The number of amides is 1. The van der Waals surface area contributed by atoms with Crippen molar-refractivity contribution in [2.75, 3.05) is 12.4 Å². The van der Waals surface area contributed by atoms with Crippen molar-refractivity contribution in [3.63, 3.8) is 0 Å². The van der Waals surface area contributed by atoms with Crippen molar-refractivity contribution in [2.24, 2.45) is 4.99 Å². The first kappa shape index (κ1) is 15.4. The summed E-state index contributed by atoms with van der Waals surface area (Å²) in [6.07, 6.45) is 1.70. The van der Waals surface area contributed by atoms with E-state index in [1.165, 1.54) is 14.0 Å². The number of rotatable bonds is 4. The highest BCUT2D eigenvalue weighted by molar-refractivity contribution is 5.91. The van der Waals surface area contributed by atoms with Crippen LogP contribution in [0.5, 0.6) is 0 Å². The molecule has 0 saturated carbocycles. The zero-order valence-corrected chi connectivity index (χ0v) is 12.4. The van der Waals surface area contributed by atoms with Gasteiger partial charge in [-0.1, -0.05) is 12.1 Å². The largest absolute Gasteiger partial charge is 0.465 e. The number of nitrogens with zero attached hydrogens (tertiary/aromatic N) is 1. The number of esters is 1. The lowest BCUT2D eigenvalue weighted by atomic mass is 10.1. The fourth-order valence-electron chi connectivity index (χ4n) is 1.81. The Labute approximate surface area is 128 Å². The summed E-state index contributed by atoms with van der Waals surface area (Å²) in [4.78, 5) is 26.6. The lowest BCUT2D eigenvalue weighted by Crippen LogP contribution is -2.04. The quantitative estimate of drug-likeness (QED) is 0.696. The summed E-state index contributed by atoms with van der Waals surface area (Å²) in [6.45, 7) is 1.46. The van der Waals surface area contributed by atoms with E-state index in [1.54, 1.807) is 42.6 Å². The van der Waals surface area contributed by atoms with Gasteiger partial charge in [-0.2, -0.15) is 0 Å². The third kappa shape index (κ3) is 4.28. The van der Waals surface area contributed by atoms with E-state index >= 15 is 0 Å². The van der Waals surface area contributed by atoms with E-state index < -0.39 is 0 Å². The minimum Gasteiger partial charge on any atom is -0.465 e. The molecule has 2 aromatic carbocycles. The number of benzene rings is 2. The second-order valence-electron chi connectivity index (χ2n) is 4.60. The van der Waals surface area contributed by atoms with Crippen LogP contribution >= 0.6 is 0 Å². The summed E-state index contributed by atoms with van der Waals surface area (Å²) < 4.78 is 4.64. The zero-order chi connectivity index (χ0) is 15.9. The third-order valence-electron chi connectivity index (χ3n) is 2.88. The van der Waals surface area contributed by atoms with Crippen LogP contribution in [0.25, 0.3) is 0 Å². The van der Waals surface area contributed by atoms with Crippen LogP contribution in [0.3, 0.4) is 0 Å². The number of methoxy groups -OCH3 is 1. The molecule has 0 aliphatic rings. The average molecular weight is 296 g/mol. The van der Waals surface area contributed by atoms with E-state index in [2.05, 4.69) is 15.0 Å². The number of hydrogen-bond acceptors (Lipinski definition) is 4. The summed E-state index contributed by atoms with van der Waals surface area (Å²) in [6, 6.07) is 14.2. The van der Waals surface area contributed by atoms with Gasteiger partial charge in [0.2, 0.25) is 5.91 Å². The van der Waals surface area contributed by atoms with Crippen LogP contribution in [0.15, 0.2) is 53.5 Å². The molecule has 0 aliphatic carbocycles. The first-order valence-electron chi connectivity index (χ1n) is 6.68. The van der Waals surface area contributed by atoms with Crippen molar-refractivity contribution in [3.05, 3.63) is 59.7 Å². The Kier molecular flexibility index (Phi) is 5.03. The van der Waals surface area contributed by atoms with E-state index in [1.807, 2.05) is 12.1 Å². The molecule has 2 aromatic rings. The van der Waals surface area contributed by atoms with E-state index in [0.717, 1.165) is 16.9 Å². The lowest BCUT2D eigenvalue weighted by molar-refractivity contribution is -0.114. The average Bonchev–Trinajstić information content (AvgIpc) is 2.53. The maximum atomic E-state index is 11.3. The molecule has 5 heteroatoms. The molecule has 1 N–H and O–H groups in total. The SMILES string of the molecule is COC(=O)c1ccc(C=Nc2ccc(NC(C)=O)cc2)cc1. The van der Waals surface area contributed by atoms with E-state index in [-0.39, 0.29) is 11.9 Å². The molecule has 5 nitrogen and oxygen atoms in total. The molecule has 0 atom stereocenters. The first-order chi connectivity index (χ1) is 10.6. The molecule has 0 bridgehead atoms. The molecule has 0 radical (unpaired) electrons. The minimum absolute atomic E-state index is 0.109. The van der Waals surface area contributed by atoms with Gasteiger partial charge in [-0.3, -0.25) is 9.79 Å². The van der Waals surface area contributed by atoms with E-state index in [9.17, 15) is 9.59 Å². The monoisotopic (exact) mass is 296 g/mol. The molecule has 22 heavy (non-hydrogen) atoms. The summed E-state index contributed by atoms with van der Waals surface area (Å²) in [7, 11) is 1.35. The molecule has 1 amide bonds. The Balaban J connectivity index is 2.05. The molecule has 0 aromatic heterocycles. The van der Waals surface area contributed by atoms with Gasteiger partial charge >= 0.3 is 5.97 Å². The Morgan fingerprint density at radius 3 is 2.23 bits per heavy atom. The zero-order valence-electron chi connectivity index (χ0n) is 12.4. The highest BCUT2D eigenvalue weighted by atomic mass is 16.5. The minimum atomic E-state index is -0.364. The Morgan fingerprint density at radius 1 is 1.05 bits per heavy atom. The molecule has 2 rings (SSSR count). The van der Waals surface area contributed by atoms with Crippen molar-refractivity contribution >= 4 is 29.5 Å². The molecule has 0 fully saturated rings. The van der Waals surface area contributed by atoms with Crippen LogP contribution in [0, 0.1) is 0 Å². The van der Waals surface area contributed by atoms with Crippen molar-refractivity contribution in [1.29, 1.82) is 0 Å². The number of carbonyl (C=O) groups excluding carboxylic acids is 2. The smallest absolute Gasteiger partial charge is 0.337 e. The lowest BCUT2D eigenvalue weighted by Gasteiger charge is -2.02. The third-order valence-corrected chi connectivity index (χ3v) is 2.88. The van der Waals surface area contributed by atoms with Gasteiger partial charge in [-0.25, -0.2) is 4.79 Å². The van der Waals surface area contributed by atoms with Crippen LogP contribution in [-0.2, 0) is 9.53 Å². The topological polar surface area (TPSA) is 67.8 Å². The first-order valence-corrected chi connectivity index (χ1v) is 6.68. The predicted molar refractivity (Wildman–Crippen MR) is 85.8 cm³/mol. The second-order valence-corrected chi connectivity index (χ2v) is 4.60. The fourth-order valence-corrected chi connectivity index (χ4v) is 1.81. The molecular formula is C17H16N2O3. The molecule has 0 heterocycles. The van der Waals surface area contributed by atoms with E-state index in [0.29, 0.717) is 5.56 Å². The molecule has 0 spiro atoms. The van der Waals surface area contributed by atoms with Gasteiger partial charge in [0.25, 0.3) is 0 Å². The van der Waals surface area contributed by atoms with Gasteiger partial charge < -0.3 is 10.1 Å². The van der Waals surface area contributed by atoms with Crippen LogP contribution < -0.4 is 5.32 Å². The normalized spacial score (nSPS) is 10.5. The number of anilines is 1. The number of ether oxygens (including phenoxy) is 1. The van der Waals surface area contributed by atoms with Gasteiger partial charge in [0.05, 0.1) is 18.4 Å². The van der Waals surface area contributed by atoms with Gasteiger partial charge in [-0.15, -0.1) is 0 Å². The summed E-state index contributed by atoms with van der Waals surface area (Å²) in [5.74, 6) is -0.473. The highest BCUT2D eigenvalue weighted by Gasteiger charge is 2.03. The number of aliphatic imine (C=N–C) groups is 1. The molecular weight excluding hydrogens is 280 g/mol. The van der Waals surface area contributed by atoms with Gasteiger partial charge in [0, 0.05) is 18.8 Å². The van der Waals surface area contributed by atoms with Crippen molar-refractivity contribution in [1.82, 2.24) is 0 Å². The summed E-state index contributed by atoms with van der Waals surface area (Å²) in [5.41, 5.74) is 2.87. The second kappa shape index (κ2) is 7.17. The highest BCUT2D eigenvalue weighted by Crippen LogP contribution is 2.16. The van der Waals surface area contributed by atoms with Crippen LogP contribution in [0.2, 0.25) is 0 Å². The maximum absolute atomic E-state index is 11.3. The van der Waals surface area contributed by atoms with Crippen LogP contribution in [0.4, 0.5) is 11.4 Å². The Hall–Kier alpha value is -2.95. The Morgan fingerprint density at radius 2 is 1.68 bits per heavy atom. The number of nitrogens with one attached hydrogen (secondary N) is 1. The Bertz CT molecular complexity index is 689. The van der Waals surface area contributed by atoms with Crippen LogP contribution in [0.1, 0.15) is 22.8 Å². The summed E-state index contributed by atoms with van der Waals surface area (Å²) in [5, 5.41) is 2.69. The van der Waals surface area contributed by atoms with Crippen molar-refractivity contribution < 1.29 is 14.3 Å². The van der Waals surface area contributed by atoms with E-state index in [4.69, 9.17) is 0 Å². The predicted octanol–water partition coefficient (Wildman–Crippen LogP) is 3.18. The van der Waals surface area contributed by atoms with Gasteiger partial charge in [-0.05, 0) is 42.0 Å². The van der Waals surface area contributed by atoms with Crippen molar-refractivity contribution in [2.45, 2.75) is 6.92 Å². The number of hydrogen-bond donors (Lipinski definition) is 1. The molecule has 112 valence electrons. The molecule has 0 aliphatic heterocycles. The molecule has 0 unspecified atom stereocenters. The fraction of sp³-hybridized carbons (Fsp3) is 0.118.